The molecule has 0 unspecified atom stereocenters. The van der Waals surface area contributed by atoms with Crippen LogP contribution in [0.2, 0.25) is 5.02 Å². The van der Waals surface area contributed by atoms with Gasteiger partial charge in [-0.1, -0.05) is 42.8 Å². The molecule has 1 heterocycles. The van der Waals surface area contributed by atoms with E-state index < -0.39 is 0 Å². The van der Waals surface area contributed by atoms with Gasteiger partial charge in [-0.3, -0.25) is 4.90 Å². The van der Waals surface area contributed by atoms with E-state index in [2.05, 4.69) is 17.9 Å². The van der Waals surface area contributed by atoms with Gasteiger partial charge in [-0.15, -0.1) is 0 Å². The third kappa shape index (κ3) is 3.86. The Labute approximate surface area is 146 Å². The van der Waals surface area contributed by atoms with Crippen LogP contribution in [0.25, 0.3) is 11.0 Å². The van der Waals surface area contributed by atoms with Gasteiger partial charge in [-0.2, -0.15) is 0 Å². The van der Waals surface area contributed by atoms with Gasteiger partial charge in [0.05, 0.1) is 0 Å². The summed E-state index contributed by atoms with van der Waals surface area (Å²) in [5.74, 6) is 0. The summed E-state index contributed by atoms with van der Waals surface area (Å²) < 4.78 is 5.37. The highest BCUT2D eigenvalue weighted by Gasteiger charge is 2.09. The first-order chi connectivity index (χ1) is 11.5. The van der Waals surface area contributed by atoms with Crippen molar-refractivity contribution >= 4 is 22.6 Å². The van der Waals surface area contributed by atoms with Gasteiger partial charge in [0.25, 0.3) is 0 Å². The number of hydrogen-bond donors (Lipinski definition) is 0. The molecule has 3 aromatic rings. The lowest BCUT2D eigenvalue weighted by molar-refractivity contribution is 0.319. The smallest absolute Gasteiger partial charge is 0.336 e. The molecule has 1 aromatic heterocycles. The highest BCUT2D eigenvalue weighted by atomic mass is 35.5. The van der Waals surface area contributed by atoms with Gasteiger partial charge < -0.3 is 4.42 Å². The molecular formula is C20H20ClNO2. The maximum absolute atomic E-state index is 11.9. The molecule has 0 saturated heterocycles. The molecule has 0 spiro atoms. The molecule has 3 rings (SSSR count). The molecule has 0 radical (unpaired) electrons. The standard InChI is InChI=1S/C20H20ClNO2/c1-3-14-7-8-18-16(11-20(23)24-19(18)10-14)13-22(2)12-15-5-4-6-17(21)9-15/h4-11H,3,12-13H2,1-2H3. The summed E-state index contributed by atoms with van der Waals surface area (Å²) >= 11 is 6.04. The fourth-order valence-corrected chi connectivity index (χ4v) is 3.13. The lowest BCUT2D eigenvalue weighted by Gasteiger charge is -2.18. The molecule has 0 aliphatic heterocycles. The first-order valence-electron chi connectivity index (χ1n) is 8.04. The van der Waals surface area contributed by atoms with Crippen molar-refractivity contribution in [3.05, 3.63) is 80.7 Å². The fraction of sp³-hybridized carbons (Fsp3) is 0.250. The minimum atomic E-state index is -0.304. The topological polar surface area (TPSA) is 33.5 Å². The summed E-state index contributed by atoms with van der Waals surface area (Å²) in [4.78, 5) is 14.0. The number of halogens is 1. The first-order valence-corrected chi connectivity index (χ1v) is 8.41. The minimum absolute atomic E-state index is 0.304. The van der Waals surface area contributed by atoms with Gasteiger partial charge in [0.1, 0.15) is 5.58 Å². The van der Waals surface area contributed by atoms with Crippen molar-refractivity contribution in [3.63, 3.8) is 0 Å². The third-order valence-corrected chi connectivity index (χ3v) is 4.32. The first kappa shape index (κ1) is 16.7. The lowest BCUT2D eigenvalue weighted by Crippen LogP contribution is -2.18. The minimum Gasteiger partial charge on any atom is -0.423 e. The second-order valence-electron chi connectivity index (χ2n) is 6.08. The summed E-state index contributed by atoms with van der Waals surface area (Å²) in [6, 6.07) is 15.5. The Kier molecular flexibility index (Phi) is 5.03. The SMILES string of the molecule is CCc1ccc2c(CN(C)Cc3cccc(Cl)c3)cc(=O)oc2c1. The molecule has 0 fully saturated rings. The van der Waals surface area contributed by atoms with E-state index in [0.29, 0.717) is 12.1 Å². The summed E-state index contributed by atoms with van der Waals surface area (Å²) in [6.07, 6.45) is 0.915. The molecule has 0 aliphatic rings. The van der Waals surface area contributed by atoms with Crippen LogP contribution in [-0.4, -0.2) is 11.9 Å². The van der Waals surface area contributed by atoms with Gasteiger partial charge in [-0.05, 0) is 48.4 Å². The number of rotatable bonds is 5. The molecule has 4 heteroatoms. The molecule has 124 valence electrons. The number of fused-ring (bicyclic) bond motifs is 1. The van der Waals surface area contributed by atoms with E-state index in [0.717, 1.165) is 40.1 Å². The molecule has 0 atom stereocenters. The molecule has 0 bridgehead atoms. The Balaban J connectivity index is 1.87. The van der Waals surface area contributed by atoms with Crippen molar-refractivity contribution < 1.29 is 4.42 Å². The number of aryl methyl sites for hydroxylation is 1. The van der Waals surface area contributed by atoms with Crippen LogP contribution in [0.3, 0.4) is 0 Å². The van der Waals surface area contributed by atoms with Crippen LogP contribution in [-0.2, 0) is 19.5 Å². The second-order valence-corrected chi connectivity index (χ2v) is 6.51. The van der Waals surface area contributed by atoms with Crippen molar-refractivity contribution in [2.45, 2.75) is 26.4 Å². The van der Waals surface area contributed by atoms with Crippen LogP contribution in [0.1, 0.15) is 23.6 Å². The quantitative estimate of drug-likeness (QED) is 0.634. The van der Waals surface area contributed by atoms with Crippen LogP contribution < -0.4 is 5.63 Å². The van der Waals surface area contributed by atoms with Gasteiger partial charge in [-0.25, -0.2) is 4.79 Å². The molecular weight excluding hydrogens is 322 g/mol. The molecule has 0 saturated carbocycles. The summed E-state index contributed by atoms with van der Waals surface area (Å²) in [7, 11) is 2.03. The second kappa shape index (κ2) is 7.20. The Morgan fingerprint density at radius 1 is 1.04 bits per heavy atom. The molecule has 2 aromatic carbocycles. The van der Waals surface area contributed by atoms with Gasteiger partial charge >= 0.3 is 5.63 Å². The predicted octanol–water partition coefficient (Wildman–Crippen LogP) is 4.64. The largest absolute Gasteiger partial charge is 0.423 e. The van der Waals surface area contributed by atoms with Crippen LogP contribution in [0.4, 0.5) is 0 Å². The van der Waals surface area contributed by atoms with E-state index in [4.69, 9.17) is 16.0 Å². The average molecular weight is 342 g/mol. The number of hydrogen-bond acceptors (Lipinski definition) is 3. The highest BCUT2D eigenvalue weighted by molar-refractivity contribution is 6.30. The van der Waals surface area contributed by atoms with Gasteiger partial charge in [0.15, 0.2) is 0 Å². The molecule has 3 nitrogen and oxygen atoms in total. The Bertz CT molecular complexity index is 917. The van der Waals surface area contributed by atoms with E-state index in [1.807, 2.05) is 43.4 Å². The van der Waals surface area contributed by atoms with Gasteiger partial charge in [0, 0.05) is 29.6 Å². The van der Waals surface area contributed by atoms with Crippen molar-refractivity contribution in [2.75, 3.05) is 7.05 Å². The maximum Gasteiger partial charge on any atom is 0.336 e. The molecule has 0 aliphatic carbocycles. The number of benzene rings is 2. The Morgan fingerprint density at radius 3 is 2.62 bits per heavy atom. The van der Waals surface area contributed by atoms with E-state index in [1.165, 1.54) is 0 Å². The van der Waals surface area contributed by atoms with Crippen molar-refractivity contribution in [2.24, 2.45) is 0 Å². The lowest BCUT2D eigenvalue weighted by atomic mass is 10.1. The molecule has 24 heavy (non-hydrogen) atoms. The maximum atomic E-state index is 11.9. The predicted molar refractivity (Wildman–Crippen MR) is 98.5 cm³/mol. The van der Waals surface area contributed by atoms with E-state index >= 15 is 0 Å². The Morgan fingerprint density at radius 2 is 1.88 bits per heavy atom. The van der Waals surface area contributed by atoms with Gasteiger partial charge in [0.2, 0.25) is 0 Å². The summed E-state index contributed by atoms with van der Waals surface area (Å²) in [5.41, 5.74) is 3.64. The molecule has 0 N–H and O–H groups in total. The van der Waals surface area contributed by atoms with Crippen LogP contribution in [0.5, 0.6) is 0 Å². The van der Waals surface area contributed by atoms with E-state index in [1.54, 1.807) is 6.07 Å². The van der Waals surface area contributed by atoms with Crippen LogP contribution in [0.15, 0.2) is 57.7 Å². The zero-order valence-corrected chi connectivity index (χ0v) is 14.6. The zero-order valence-electron chi connectivity index (χ0n) is 13.9. The van der Waals surface area contributed by atoms with Crippen molar-refractivity contribution in [1.29, 1.82) is 0 Å². The monoisotopic (exact) mass is 341 g/mol. The average Bonchev–Trinajstić information content (AvgIpc) is 2.53. The number of nitrogens with zero attached hydrogens (tertiary/aromatic N) is 1. The Hall–Kier alpha value is -2.10. The summed E-state index contributed by atoms with van der Waals surface area (Å²) in [5, 5.41) is 1.73. The van der Waals surface area contributed by atoms with Crippen molar-refractivity contribution in [3.8, 4) is 0 Å². The fourth-order valence-electron chi connectivity index (χ4n) is 2.92. The van der Waals surface area contributed by atoms with Crippen LogP contribution in [0, 0.1) is 0 Å². The third-order valence-electron chi connectivity index (χ3n) is 4.08. The zero-order chi connectivity index (χ0) is 17.1. The normalized spacial score (nSPS) is 11.3. The van der Waals surface area contributed by atoms with E-state index in [9.17, 15) is 4.79 Å². The van der Waals surface area contributed by atoms with Crippen molar-refractivity contribution in [1.82, 2.24) is 4.90 Å². The molecule has 0 amide bonds. The van der Waals surface area contributed by atoms with E-state index in [-0.39, 0.29) is 5.63 Å². The van der Waals surface area contributed by atoms with Crippen LogP contribution >= 0.6 is 11.6 Å². The summed E-state index contributed by atoms with van der Waals surface area (Å²) in [6.45, 7) is 3.51. The highest BCUT2D eigenvalue weighted by Crippen LogP contribution is 2.21.